The van der Waals surface area contributed by atoms with Crippen LogP contribution in [0.5, 0.6) is 11.5 Å². The first-order valence-electron chi connectivity index (χ1n) is 6.11. The molecular weight excluding hydrogens is 230 g/mol. The summed E-state index contributed by atoms with van der Waals surface area (Å²) in [6, 6.07) is 4.00. The first kappa shape index (κ1) is 14.8. The first-order valence-corrected chi connectivity index (χ1v) is 6.11. The number of hydrogen-bond acceptors (Lipinski definition) is 4. The Bertz CT molecular complexity index is 380. The van der Waals surface area contributed by atoms with Gasteiger partial charge in [-0.25, -0.2) is 0 Å². The lowest BCUT2D eigenvalue weighted by Crippen LogP contribution is -2.07. The van der Waals surface area contributed by atoms with Gasteiger partial charge in [0.05, 0.1) is 20.8 Å². The van der Waals surface area contributed by atoms with Crippen LogP contribution < -0.4 is 15.2 Å². The number of methoxy groups -OCH3 is 3. The smallest absolute Gasteiger partial charge is 0.128 e. The Hall–Kier alpha value is -1.26. The van der Waals surface area contributed by atoms with Gasteiger partial charge in [0.1, 0.15) is 11.5 Å². The summed E-state index contributed by atoms with van der Waals surface area (Å²) in [5.41, 5.74) is 7.80. The Kier molecular flexibility index (Phi) is 5.95. The average molecular weight is 253 g/mol. The van der Waals surface area contributed by atoms with E-state index in [4.69, 9.17) is 19.9 Å². The van der Waals surface area contributed by atoms with Gasteiger partial charge in [-0.1, -0.05) is 6.92 Å². The number of nitrogens with two attached hydrogens (primary N) is 1. The topological polar surface area (TPSA) is 53.7 Å². The number of rotatable bonds is 7. The molecule has 0 aromatic heterocycles. The fourth-order valence-electron chi connectivity index (χ4n) is 2.05. The summed E-state index contributed by atoms with van der Waals surface area (Å²) in [6.07, 6.45) is 0.926. The van der Waals surface area contributed by atoms with Crippen LogP contribution in [0, 0.1) is 0 Å². The Balaban J connectivity index is 3.17. The molecule has 18 heavy (non-hydrogen) atoms. The first-order chi connectivity index (χ1) is 8.67. The van der Waals surface area contributed by atoms with E-state index in [2.05, 4.69) is 13.0 Å². The minimum Gasteiger partial charge on any atom is -0.496 e. The zero-order valence-corrected chi connectivity index (χ0v) is 11.7. The van der Waals surface area contributed by atoms with Crippen molar-refractivity contribution < 1.29 is 14.2 Å². The van der Waals surface area contributed by atoms with Crippen molar-refractivity contribution in [3.63, 3.8) is 0 Å². The average Bonchev–Trinajstić information content (AvgIpc) is 2.38. The van der Waals surface area contributed by atoms with Crippen molar-refractivity contribution in [3.05, 3.63) is 23.3 Å². The van der Waals surface area contributed by atoms with Crippen LogP contribution in [0.3, 0.4) is 0 Å². The third kappa shape index (κ3) is 3.37. The van der Waals surface area contributed by atoms with Crippen molar-refractivity contribution in [1.29, 1.82) is 0 Å². The molecule has 0 fully saturated rings. The molecule has 1 aromatic carbocycles. The molecule has 1 aromatic rings. The molecule has 0 aliphatic carbocycles. The zero-order valence-electron chi connectivity index (χ0n) is 11.7. The van der Waals surface area contributed by atoms with Gasteiger partial charge in [0, 0.05) is 18.7 Å². The molecule has 102 valence electrons. The lowest BCUT2D eigenvalue weighted by atomic mass is 9.94. The van der Waals surface area contributed by atoms with E-state index in [1.54, 1.807) is 21.3 Å². The molecule has 1 unspecified atom stereocenters. The molecule has 0 bridgehead atoms. The van der Waals surface area contributed by atoms with Gasteiger partial charge in [0.2, 0.25) is 0 Å². The van der Waals surface area contributed by atoms with Crippen LogP contribution in [0.25, 0.3) is 0 Å². The van der Waals surface area contributed by atoms with E-state index in [0.717, 1.165) is 29.0 Å². The van der Waals surface area contributed by atoms with E-state index >= 15 is 0 Å². The summed E-state index contributed by atoms with van der Waals surface area (Å²) in [5, 5.41) is 0. The summed E-state index contributed by atoms with van der Waals surface area (Å²) < 4.78 is 16.0. The SMILES string of the molecule is COCc1cc(C(C)CCN)c(OC)cc1OC. The molecule has 0 radical (unpaired) electrons. The van der Waals surface area contributed by atoms with Crippen molar-refractivity contribution in [1.82, 2.24) is 0 Å². The molecule has 0 aliphatic rings. The summed E-state index contributed by atoms with van der Waals surface area (Å²) in [6.45, 7) is 3.33. The van der Waals surface area contributed by atoms with Gasteiger partial charge in [-0.15, -0.1) is 0 Å². The van der Waals surface area contributed by atoms with E-state index in [9.17, 15) is 0 Å². The molecule has 2 N–H and O–H groups in total. The lowest BCUT2D eigenvalue weighted by Gasteiger charge is -2.18. The second kappa shape index (κ2) is 7.24. The summed E-state index contributed by atoms with van der Waals surface area (Å²) in [4.78, 5) is 0. The van der Waals surface area contributed by atoms with Gasteiger partial charge in [-0.3, -0.25) is 0 Å². The van der Waals surface area contributed by atoms with Gasteiger partial charge in [0.25, 0.3) is 0 Å². The maximum absolute atomic E-state index is 5.62. The third-order valence-electron chi connectivity index (χ3n) is 3.06. The molecule has 1 atom stereocenters. The minimum atomic E-state index is 0.353. The highest BCUT2D eigenvalue weighted by Gasteiger charge is 2.15. The second-order valence-electron chi connectivity index (χ2n) is 4.32. The molecule has 4 heteroatoms. The molecular formula is C14H23NO3. The van der Waals surface area contributed by atoms with Crippen molar-refractivity contribution >= 4 is 0 Å². The number of ether oxygens (including phenoxy) is 3. The standard InChI is InChI=1S/C14H23NO3/c1-10(5-6-15)12-7-11(9-16-2)13(17-3)8-14(12)18-4/h7-8,10H,5-6,9,15H2,1-4H3. The van der Waals surface area contributed by atoms with E-state index in [1.165, 1.54) is 0 Å². The van der Waals surface area contributed by atoms with E-state index in [-0.39, 0.29) is 0 Å². The van der Waals surface area contributed by atoms with Crippen LogP contribution in [-0.2, 0) is 11.3 Å². The van der Waals surface area contributed by atoms with Crippen molar-refractivity contribution in [2.24, 2.45) is 5.73 Å². The van der Waals surface area contributed by atoms with E-state index in [1.807, 2.05) is 6.07 Å². The van der Waals surface area contributed by atoms with Gasteiger partial charge >= 0.3 is 0 Å². The molecule has 0 amide bonds. The fourth-order valence-corrected chi connectivity index (χ4v) is 2.05. The van der Waals surface area contributed by atoms with Crippen LogP contribution in [-0.4, -0.2) is 27.9 Å². The Morgan fingerprint density at radius 2 is 1.78 bits per heavy atom. The lowest BCUT2D eigenvalue weighted by molar-refractivity contribution is 0.181. The predicted molar refractivity (Wildman–Crippen MR) is 72.3 cm³/mol. The molecule has 0 aliphatic heterocycles. The summed E-state index contributed by atoms with van der Waals surface area (Å²) in [7, 11) is 4.99. The second-order valence-corrected chi connectivity index (χ2v) is 4.32. The molecule has 1 rings (SSSR count). The maximum Gasteiger partial charge on any atom is 0.128 e. The Labute approximate surface area is 109 Å². The fraction of sp³-hybridized carbons (Fsp3) is 0.571. The minimum absolute atomic E-state index is 0.353. The third-order valence-corrected chi connectivity index (χ3v) is 3.06. The van der Waals surface area contributed by atoms with Crippen LogP contribution in [0.4, 0.5) is 0 Å². The zero-order chi connectivity index (χ0) is 13.5. The predicted octanol–water partition coefficient (Wildman–Crippen LogP) is 2.30. The van der Waals surface area contributed by atoms with Crippen LogP contribution in [0.15, 0.2) is 12.1 Å². The Morgan fingerprint density at radius 1 is 1.11 bits per heavy atom. The van der Waals surface area contributed by atoms with E-state index < -0.39 is 0 Å². The summed E-state index contributed by atoms with van der Waals surface area (Å²) >= 11 is 0. The molecule has 0 saturated carbocycles. The van der Waals surface area contributed by atoms with Crippen molar-refractivity contribution in [2.75, 3.05) is 27.9 Å². The van der Waals surface area contributed by atoms with Crippen LogP contribution in [0.1, 0.15) is 30.4 Å². The van der Waals surface area contributed by atoms with Crippen LogP contribution >= 0.6 is 0 Å². The highest BCUT2D eigenvalue weighted by atomic mass is 16.5. The van der Waals surface area contributed by atoms with Crippen molar-refractivity contribution in [3.8, 4) is 11.5 Å². The van der Waals surface area contributed by atoms with Crippen molar-refractivity contribution in [2.45, 2.75) is 25.9 Å². The highest BCUT2D eigenvalue weighted by molar-refractivity contribution is 5.48. The molecule has 4 nitrogen and oxygen atoms in total. The van der Waals surface area contributed by atoms with E-state index in [0.29, 0.717) is 19.1 Å². The number of hydrogen-bond donors (Lipinski definition) is 1. The van der Waals surface area contributed by atoms with Gasteiger partial charge < -0.3 is 19.9 Å². The van der Waals surface area contributed by atoms with Gasteiger partial charge in [-0.2, -0.15) is 0 Å². The van der Waals surface area contributed by atoms with Gasteiger partial charge in [0.15, 0.2) is 0 Å². The maximum atomic E-state index is 5.62. The van der Waals surface area contributed by atoms with Gasteiger partial charge in [-0.05, 0) is 30.5 Å². The molecule has 0 saturated heterocycles. The summed E-state index contributed by atoms with van der Waals surface area (Å²) in [5.74, 6) is 1.98. The molecule has 0 heterocycles. The quantitative estimate of drug-likeness (QED) is 0.810. The Morgan fingerprint density at radius 3 is 2.28 bits per heavy atom. The largest absolute Gasteiger partial charge is 0.496 e. The highest BCUT2D eigenvalue weighted by Crippen LogP contribution is 2.35. The number of benzene rings is 1. The van der Waals surface area contributed by atoms with Crippen LogP contribution in [0.2, 0.25) is 0 Å². The monoisotopic (exact) mass is 253 g/mol. The molecule has 0 spiro atoms. The normalized spacial score (nSPS) is 12.3.